The number of aryl methyl sites for hydroxylation is 1. The van der Waals surface area contributed by atoms with Crippen LogP contribution in [0.1, 0.15) is 43.6 Å². The molecule has 2 rings (SSSR count). The molecular formula is C22H33N5O5S. The Kier molecular flexibility index (Phi) is 8.25. The molecule has 33 heavy (non-hydrogen) atoms. The first kappa shape index (κ1) is 26.3. The summed E-state index contributed by atoms with van der Waals surface area (Å²) < 4.78 is 29.3. The second-order valence-electron chi connectivity index (χ2n) is 8.26. The zero-order valence-corrected chi connectivity index (χ0v) is 20.8. The normalized spacial score (nSPS) is 11.9. The average molecular weight is 480 g/mol. The van der Waals surface area contributed by atoms with Crippen LogP contribution < -0.4 is 22.3 Å². The van der Waals surface area contributed by atoms with E-state index in [1.165, 1.54) is 22.0 Å². The standard InChI is InChI=1S/C22H33N5O5S/c1-7-26(8-2)33(31,32)18-11-16(10-9-15(18)5)24-12-17(28)19-20(23)27(13-14(3)4)22(30)25(6)21(19)29/h9-11,14,24H,7-8,12-13,23H2,1-6H3. The third kappa shape index (κ3) is 5.36. The van der Waals surface area contributed by atoms with E-state index in [9.17, 15) is 22.8 Å². The molecule has 0 aliphatic heterocycles. The van der Waals surface area contributed by atoms with Gasteiger partial charge in [-0.3, -0.25) is 18.7 Å². The van der Waals surface area contributed by atoms with Gasteiger partial charge in [-0.15, -0.1) is 0 Å². The summed E-state index contributed by atoms with van der Waals surface area (Å²) >= 11 is 0. The maximum atomic E-state index is 12.9. The van der Waals surface area contributed by atoms with Crippen molar-refractivity contribution in [3.05, 3.63) is 50.2 Å². The van der Waals surface area contributed by atoms with Crippen LogP contribution in [0.2, 0.25) is 0 Å². The highest BCUT2D eigenvalue weighted by atomic mass is 32.2. The first-order valence-corrected chi connectivity index (χ1v) is 12.3. The number of nitrogen functional groups attached to an aromatic ring is 1. The molecule has 0 fully saturated rings. The molecular weight excluding hydrogens is 446 g/mol. The van der Waals surface area contributed by atoms with Gasteiger partial charge in [0, 0.05) is 32.4 Å². The SMILES string of the molecule is CCN(CC)S(=O)(=O)c1cc(NCC(=O)c2c(N)n(CC(C)C)c(=O)n(C)c2=O)ccc1C. The summed E-state index contributed by atoms with van der Waals surface area (Å²) in [6.45, 7) is 9.65. The Bertz CT molecular complexity index is 1260. The van der Waals surface area contributed by atoms with Crippen molar-refractivity contribution in [1.82, 2.24) is 13.4 Å². The zero-order valence-electron chi connectivity index (χ0n) is 20.0. The zero-order chi connectivity index (χ0) is 25.1. The predicted molar refractivity (Wildman–Crippen MR) is 129 cm³/mol. The smallest absolute Gasteiger partial charge is 0.332 e. The summed E-state index contributed by atoms with van der Waals surface area (Å²) in [6, 6.07) is 4.78. The van der Waals surface area contributed by atoms with Crippen LogP contribution in [0, 0.1) is 12.8 Å². The quantitative estimate of drug-likeness (QED) is 0.492. The Morgan fingerprint density at radius 3 is 2.33 bits per heavy atom. The summed E-state index contributed by atoms with van der Waals surface area (Å²) in [5.41, 5.74) is 5.42. The second-order valence-corrected chi connectivity index (χ2v) is 10.2. The van der Waals surface area contributed by atoms with E-state index < -0.39 is 27.1 Å². The molecule has 10 nitrogen and oxygen atoms in total. The van der Waals surface area contributed by atoms with E-state index in [0.29, 0.717) is 24.3 Å². The molecule has 2 aromatic rings. The fraction of sp³-hybridized carbons (Fsp3) is 0.500. The molecule has 0 unspecified atom stereocenters. The van der Waals surface area contributed by atoms with E-state index in [4.69, 9.17) is 5.73 Å². The van der Waals surface area contributed by atoms with Crippen LogP contribution in [0.25, 0.3) is 0 Å². The molecule has 182 valence electrons. The number of hydrogen-bond acceptors (Lipinski definition) is 7. The molecule has 0 aliphatic carbocycles. The Morgan fingerprint density at radius 1 is 1.18 bits per heavy atom. The molecule has 0 spiro atoms. The van der Waals surface area contributed by atoms with Gasteiger partial charge in [-0.1, -0.05) is 33.8 Å². The highest BCUT2D eigenvalue weighted by molar-refractivity contribution is 7.89. The fourth-order valence-corrected chi connectivity index (χ4v) is 5.26. The number of sulfonamides is 1. The number of nitrogens with one attached hydrogen (secondary N) is 1. The van der Waals surface area contributed by atoms with Crippen molar-refractivity contribution >= 4 is 27.3 Å². The lowest BCUT2D eigenvalue weighted by atomic mass is 10.1. The van der Waals surface area contributed by atoms with Gasteiger partial charge >= 0.3 is 5.69 Å². The minimum Gasteiger partial charge on any atom is -0.384 e. The largest absolute Gasteiger partial charge is 0.384 e. The third-order valence-corrected chi connectivity index (χ3v) is 7.57. The number of benzene rings is 1. The van der Waals surface area contributed by atoms with Gasteiger partial charge in [0.2, 0.25) is 10.0 Å². The summed E-state index contributed by atoms with van der Waals surface area (Å²) in [5.74, 6) is -0.695. The van der Waals surface area contributed by atoms with E-state index in [0.717, 1.165) is 4.57 Å². The van der Waals surface area contributed by atoms with Gasteiger partial charge in [-0.25, -0.2) is 13.2 Å². The molecule has 0 bridgehead atoms. The second kappa shape index (κ2) is 10.3. The number of nitrogens with zero attached hydrogens (tertiary/aromatic N) is 3. The Hall–Kier alpha value is -2.92. The van der Waals surface area contributed by atoms with Crippen molar-refractivity contribution in [2.24, 2.45) is 13.0 Å². The monoisotopic (exact) mass is 479 g/mol. The van der Waals surface area contributed by atoms with Gasteiger partial charge in [0.25, 0.3) is 5.56 Å². The van der Waals surface area contributed by atoms with E-state index in [1.807, 2.05) is 13.8 Å². The molecule has 0 aliphatic rings. The number of ketones is 1. The molecule has 0 amide bonds. The van der Waals surface area contributed by atoms with Gasteiger partial charge in [-0.05, 0) is 30.5 Å². The molecule has 1 aromatic carbocycles. The fourth-order valence-electron chi connectivity index (χ4n) is 3.55. The van der Waals surface area contributed by atoms with Crippen LogP contribution in [0.4, 0.5) is 11.5 Å². The summed E-state index contributed by atoms with van der Waals surface area (Å²) in [5, 5.41) is 2.88. The molecule has 0 saturated heterocycles. The van der Waals surface area contributed by atoms with Crippen LogP contribution in [-0.4, -0.2) is 47.3 Å². The predicted octanol–water partition coefficient (Wildman–Crippen LogP) is 1.42. The number of anilines is 2. The molecule has 3 N–H and O–H groups in total. The number of aromatic nitrogens is 2. The summed E-state index contributed by atoms with van der Waals surface area (Å²) in [4.78, 5) is 38.1. The minimum absolute atomic E-state index is 0.0716. The van der Waals surface area contributed by atoms with Crippen molar-refractivity contribution in [1.29, 1.82) is 0 Å². The van der Waals surface area contributed by atoms with Gasteiger partial charge in [0.05, 0.1) is 11.4 Å². The molecule has 0 saturated carbocycles. The summed E-state index contributed by atoms with van der Waals surface area (Å²) in [7, 11) is -2.39. The maximum absolute atomic E-state index is 12.9. The Morgan fingerprint density at radius 2 is 1.79 bits per heavy atom. The van der Waals surface area contributed by atoms with E-state index in [1.54, 1.807) is 32.9 Å². The lowest BCUT2D eigenvalue weighted by Gasteiger charge is -2.20. The molecule has 0 atom stereocenters. The van der Waals surface area contributed by atoms with Crippen LogP contribution in [0.15, 0.2) is 32.7 Å². The van der Waals surface area contributed by atoms with Crippen LogP contribution in [0.3, 0.4) is 0 Å². The Labute approximate surface area is 194 Å². The lowest BCUT2D eigenvalue weighted by Crippen LogP contribution is -2.43. The molecule has 0 radical (unpaired) electrons. The molecule has 11 heteroatoms. The topological polar surface area (TPSA) is 136 Å². The van der Waals surface area contributed by atoms with Crippen LogP contribution >= 0.6 is 0 Å². The van der Waals surface area contributed by atoms with E-state index >= 15 is 0 Å². The third-order valence-electron chi connectivity index (χ3n) is 5.37. The summed E-state index contributed by atoms with van der Waals surface area (Å²) in [6.07, 6.45) is 0. The number of Topliss-reactive ketones (excluding diaryl/α,β-unsaturated/α-hetero) is 1. The average Bonchev–Trinajstić information content (AvgIpc) is 2.75. The van der Waals surface area contributed by atoms with E-state index in [2.05, 4.69) is 5.32 Å². The van der Waals surface area contributed by atoms with Crippen molar-refractivity contribution < 1.29 is 13.2 Å². The van der Waals surface area contributed by atoms with Crippen LogP contribution in [0.5, 0.6) is 0 Å². The Balaban J connectivity index is 2.39. The van der Waals surface area contributed by atoms with Gasteiger partial charge in [0.15, 0.2) is 5.78 Å². The van der Waals surface area contributed by atoms with Crippen LogP contribution in [-0.2, 0) is 23.6 Å². The number of rotatable bonds is 10. The maximum Gasteiger partial charge on any atom is 0.332 e. The van der Waals surface area contributed by atoms with Crippen molar-refractivity contribution in [3.8, 4) is 0 Å². The van der Waals surface area contributed by atoms with E-state index in [-0.39, 0.29) is 35.3 Å². The first-order valence-electron chi connectivity index (χ1n) is 10.8. The number of nitrogens with two attached hydrogens (primary N) is 1. The first-order chi connectivity index (χ1) is 15.4. The van der Waals surface area contributed by atoms with Crippen molar-refractivity contribution in [2.75, 3.05) is 30.7 Å². The number of hydrogen-bond donors (Lipinski definition) is 2. The number of carbonyl (C=O) groups is 1. The van der Waals surface area contributed by atoms with Gasteiger partial charge in [-0.2, -0.15) is 4.31 Å². The van der Waals surface area contributed by atoms with Gasteiger partial charge < -0.3 is 11.1 Å². The lowest BCUT2D eigenvalue weighted by molar-refractivity contribution is 0.100. The minimum atomic E-state index is -3.69. The number of carbonyl (C=O) groups excluding carboxylic acids is 1. The van der Waals surface area contributed by atoms with Gasteiger partial charge in [0.1, 0.15) is 11.4 Å². The molecule has 1 heterocycles. The van der Waals surface area contributed by atoms with Crippen molar-refractivity contribution in [2.45, 2.75) is 46.1 Å². The molecule has 1 aromatic heterocycles. The highest BCUT2D eigenvalue weighted by Gasteiger charge is 2.25. The van der Waals surface area contributed by atoms with Crippen molar-refractivity contribution in [3.63, 3.8) is 0 Å². The highest BCUT2D eigenvalue weighted by Crippen LogP contribution is 2.23.